The maximum absolute atomic E-state index is 13.2. The zero-order valence-electron chi connectivity index (χ0n) is 16.4. The molecule has 0 aromatic heterocycles. The number of benzene rings is 1. The number of imide groups is 1. The van der Waals surface area contributed by atoms with Crippen molar-refractivity contribution in [1.82, 2.24) is 15.1 Å². The second kappa shape index (κ2) is 5.48. The zero-order valence-corrected chi connectivity index (χ0v) is 16.4. The van der Waals surface area contributed by atoms with E-state index < -0.39 is 16.6 Å². The van der Waals surface area contributed by atoms with Crippen molar-refractivity contribution in [2.45, 2.75) is 61.6 Å². The van der Waals surface area contributed by atoms with E-state index in [1.807, 2.05) is 13.1 Å². The van der Waals surface area contributed by atoms with Gasteiger partial charge in [-0.2, -0.15) is 0 Å². The van der Waals surface area contributed by atoms with E-state index in [9.17, 15) is 19.8 Å². The highest BCUT2D eigenvalue weighted by Gasteiger charge is 2.69. The van der Waals surface area contributed by atoms with Gasteiger partial charge in [0.25, 0.3) is 5.91 Å². The van der Waals surface area contributed by atoms with E-state index in [0.29, 0.717) is 32.2 Å². The molecule has 150 valence electrons. The number of likely N-dealkylation sites (tertiary alicyclic amines) is 1. The molecule has 5 rings (SSSR count). The Kier molecular flexibility index (Phi) is 3.51. The maximum Gasteiger partial charge on any atom is 0.325 e. The molecule has 1 aromatic rings. The van der Waals surface area contributed by atoms with Crippen LogP contribution in [0.5, 0.6) is 5.75 Å². The number of nitrogens with one attached hydrogen (secondary N) is 1. The van der Waals surface area contributed by atoms with E-state index in [0.717, 1.165) is 24.1 Å². The first-order valence-corrected chi connectivity index (χ1v) is 10.2. The summed E-state index contributed by atoms with van der Waals surface area (Å²) in [4.78, 5) is 29.1. The number of carbonyl (C=O) groups excluding carboxylic acids is 2. The molecule has 2 aliphatic heterocycles. The largest absolute Gasteiger partial charge is 0.508 e. The van der Waals surface area contributed by atoms with Crippen LogP contribution in [0.1, 0.15) is 43.7 Å². The molecular formula is C21H27N3O4. The van der Waals surface area contributed by atoms with E-state index in [1.165, 1.54) is 4.90 Å². The third-order valence-electron chi connectivity index (χ3n) is 7.92. The molecule has 2 saturated heterocycles. The molecule has 2 bridgehead atoms. The molecule has 3 amide bonds. The molecule has 2 heterocycles. The second-order valence-electron chi connectivity index (χ2n) is 9.04. The molecule has 4 atom stereocenters. The lowest BCUT2D eigenvalue weighted by Crippen LogP contribution is -2.75. The van der Waals surface area contributed by atoms with Gasteiger partial charge in [0.05, 0.1) is 5.60 Å². The molecule has 3 fully saturated rings. The molecule has 1 spiro atoms. The number of phenols is 1. The second-order valence-corrected chi connectivity index (χ2v) is 9.04. The Balaban J connectivity index is 1.69. The van der Waals surface area contributed by atoms with Crippen LogP contribution in [0.25, 0.3) is 0 Å². The number of aliphatic hydroxyl groups is 1. The Bertz CT molecular complexity index is 888. The molecule has 1 aromatic carbocycles. The Hall–Kier alpha value is -2.12. The molecule has 4 unspecified atom stereocenters. The number of rotatable bonds is 1. The molecule has 7 nitrogen and oxygen atoms in total. The summed E-state index contributed by atoms with van der Waals surface area (Å²) in [5.74, 6) is -0.0105. The fourth-order valence-electron chi connectivity index (χ4n) is 6.51. The molecule has 28 heavy (non-hydrogen) atoms. The first kappa shape index (κ1) is 17.9. The van der Waals surface area contributed by atoms with Crippen LogP contribution in [0.15, 0.2) is 18.2 Å². The van der Waals surface area contributed by atoms with Gasteiger partial charge in [-0.3, -0.25) is 9.69 Å². The third kappa shape index (κ3) is 1.96. The quantitative estimate of drug-likeness (QED) is 0.630. The first-order valence-electron chi connectivity index (χ1n) is 10.2. The summed E-state index contributed by atoms with van der Waals surface area (Å²) in [5.41, 5.74) is -0.576. The lowest BCUT2D eigenvalue weighted by Gasteiger charge is -2.65. The molecule has 1 saturated carbocycles. The minimum absolute atomic E-state index is 0.0369. The van der Waals surface area contributed by atoms with Gasteiger partial charge in [-0.05, 0) is 75.9 Å². The summed E-state index contributed by atoms with van der Waals surface area (Å²) in [6, 6.07) is 5.01. The van der Waals surface area contributed by atoms with Crippen LogP contribution in [-0.4, -0.2) is 69.3 Å². The molecule has 0 radical (unpaired) electrons. The average molecular weight is 385 g/mol. The number of urea groups is 1. The summed E-state index contributed by atoms with van der Waals surface area (Å²) in [5, 5.41) is 25.2. The molecule has 3 N–H and O–H groups in total. The van der Waals surface area contributed by atoms with E-state index in [1.54, 1.807) is 19.1 Å². The average Bonchev–Trinajstić information content (AvgIpc) is 2.89. The minimum atomic E-state index is -0.989. The van der Waals surface area contributed by atoms with Crippen LogP contribution in [0.2, 0.25) is 0 Å². The van der Waals surface area contributed by atoms with E-state index in [4.69, 9.17) is 0 Å². The minimum Gasteiger partial charge on any atom is -0.508 e. The van der Waals surface area contributed by atoms with Crippen LogP contribution < -0.4 is 5.32 Å². The third-order valence-corrected chi connectivity index (χ3v) is 7.92. The predicted molar refractivity (Wildman–Crippen MR) is 102 cm³/mol. The number of hydrogen-bond acceptors (Lipinski definition) is 5. The number of amides is 3. The number of fused-ring (bicyclic) bond motifs is 1. The lowest BCUT2D eigenvalue weighted by molar-refractivity contribution is -0.177. The summed E-state index contributed by atoms with van der Waals surface area (Å²) in [6.07, 6.45) is 2.66. The number of carbonyl (C=O) groups is 2. The fourth-order valence-corrected chi connectivity index (χ4v) is 6.51. The number of piperidine rings is 1. The van der Waals surface area contributed by atoms with Crippen molar-refractivity contribution in [3.63, 3.8) is 0 Å². The topological polar surface area (TPSA) is 93.1 Å². The first-order chi connectivity index (χ1) is 13.3. The van der Waals surface area contributed by atoms with Crippen molar-refractivity contribution in [2.75, 3.05) is 20.1 Å². The van der Waals surface area contributed by atoms with Crippen molar-refractivity contribution in [2.24, 2.45) is 0 Å². The monoisotopic (exact) mass is 385 g/mol. The van der Waals surface area contributed by atoms with Gasteiger partial charge in [-0.1, -0.05) is 6.07 Å². The number of likely N-dealkylation sites (N-methyl/N-ethyl adjacent to an activating group) is 2. The number of nitrogens with zero attached hydrogens (tertiary/aromatic N) is 2. The Labute approximate surface area is 164 Å². The van der Waals surface area contributed by atoms with Crippen molar-refractivity contribution in [3.05, 3.63) is 29.3 Å². The van der Waals surface area contributed by atoms with Gasteiger partial charge in [0.1, 0.15) is 11.3 Å². The summed E-state index contributed by atoms with van der Waals surface area (Å²) in [7, 11) is 2.05. The van der Waals surface area contributed by atoms with Crippen molar-refractivity contribution in [3.8, 4) is 5.75 Å². The highest BCUT2D eigenvalue weighted by molar-refractivity contribution is 6.07. The normalized spacial score (nSPS) is 39.7. The van der Waals surface area contributed by atoms with Gasteiger partial charge >= 0.3 is 6.03 Å². The van der Waals surface area contributed by atoms with Gasteiger partial charge in [0.2, 0.25) is 0 Å². The van der Waals surface area contributed by atoms with Gasteiger partial charge < -0.3 is 20.4 Å². The van der Waals surface area contributed by atoms with Crippen molar-refractivity contribution < 1.29 is 19.8 Å². The molecular weight excluding hydrogens is 358 g/mol. The Morgan fingerprint density at radius 3 is 2.75 bits per heavy atom. The van der Waals surface area contributed by atoms with Gasteiger partial charge in [0.15, 0.2) is 0 Å². The Morgan fingerprint density at radius 2 is 2.04 bits per heavy atom. The number of aromatic hydroxyl groups is 1. The van der Waals surface area contributed by atoms with Gasteiger partial charge in [0, 0.05) is 18.0 Å². The van der Waals surface area contributed by atoms with Gasteiger partial charge in [-0.25, -0.2) is 4.79 Å². The predicted octanol–water partition coefficient (Wildman–Crippen LogP) is 1.12. The van der Waals surface area contributed by atoms with E-state index >= 15 is 0 Å². The van der Waals surface area contributed by atoms with Gasteiger partial charge in [-0.15, -0.1) is 0 Å². The Morgan fingerprint density at radius 1 is 1.25 bits per heavy atom. The maximum atomic E-state index is 13.2. The van der Waals surface area contributed by atoms with Crippen molar-refractivity contribution in [1.29, 1.82) is 0 Å². The molecule has 4 aliphatic rings. The van der Waals surface area contributed by atoms with Crippen LogP contribution in [0.4, 0.5) is 4.79 Å². The smallest absolute Gasteiger partial charge is 0.325 e. The lowest BCUT2D eigenvalue weighted by atomic mass is 9.46. The number of phenolic OH excluding ortho intramolecular Hbond substituents is 1. The summed E-state index contributed by atoms with van der Waals surface area (Å²) < 4.78 is 0. The standard InChI is InChI=1S/C21H27N3O4/c1-3-24-17(26)20(22-18(24)27)6-7-21(28)16-10-13-4-5-14(25)11-15(13)19(21,12-20)8-9-23(16)2/h4-5,11,16,25,28H,3,6-10,12H2,1-2H3,(H,22,27). The van der Waals surface area contributed by atoms with Crippen LogP contribution in [-0.2, 0) is 16.6 Å². The highest BCUT2D eigenvalue weighted by Crippen LogP contribution is 2.60. The SMILES string of the molecule is CCN1C(=O)NC2(CCC3(O)C4Cc5ccc(O)cc5C3(CCN4C)C2)C1=O. The summed E-state index contributed by atoms with van der Waals surface area (Å²) >= 11 is 0. The zero-order chi connectivity index (χ0) is 19.9. The highest BCUT2D eigenvalue weighted by atomic mass is 16.3. The van der Waals surface area contributed by atoms with Crippen molar-refractivity contribution >= 4 is 11.9 Å². The van der Waals surface area contributed by atoms with Crippen LogP contribution in [0.3, 0.4) is 0 Å². The van der Waals surface area contributed by atoms with E-state index in [2.05, 4.69) is 10.2 Å². The number of hydrogen-bond donors (Lipinski definition) is 3. The van der Waals surface area contributed by atoms with Crippen LogP contribution in [0, 0.1) is 0 Å². The van der Waals surface area contributed by atoms with Crippen LogP contribution >= 0.6 is 0 Å². The molecule has 2 aliphatic carbocycles. The summed E-state index contributed by atoms with van der Waals surface area (Å²) in [6.45, 7) is 2.94. The van der Waals surface area contributed by atoms with E-state index in [-0.39, 0.29) is 23.7 Å². The molecule has 7 heteroatoms. The fraction of sp³-hybridized carbons (Fsp3) is 0.619.